The van der Waals surface area contributed by atoms with Crippen LogP contribution in [0.4, 0.5) is 13.2 Å². The van der Waals surface area contributed by atoms with Crippen molar-refractivity contribution in [3.63, 3.8) is 0 Å². The second-order valence-corrected chi connectivity index (χ2v) is 8.04. The molecule has 6 heteroatoms. The number of nitrogens with zero attached hydrogens (tertiary/aromatic N) is 1. The molecule has 0 saturated carbocycles. The van der Waals surface area contributed by atoms with Gasteiger partial charge < -0.3 is 10.2 Å². The Balaban J connectivity index is 1.81. The SMILES string of the molecule is CC(C)(C)CCN1CCC(CNC(=O)c2cc(F)cc(F)c2)C(F)C1. The Morgan fingerprint density at radius 3 is 2.44 bits per heavy atom. The number of hydrogen-bond donors (Lipinski definition) is 1. The number of likely N-dealkylation sites (tertiary alicyclic amines) is 1. The van der Waals surface area contributed by atoms with Crippen LogP contribution in [0.25, 0.3) is 0 Å². The maximum Gasteiger partial charge on any atom is 0.251 e. The highest BCUT2D eigenvalue weighted by Gasteiger charge is 2.30. The Labute approximate surface area is 147 Å². The first-order valence-corrected chi connectivity index (χ1v) is 8.75. The molecular weight excluding hydrogens is 329 g/mol. The van der Waals surface area contributed by atoms with E-state index in [4.69, 9.17) is 0 Å². The predicted molar refractivity (Wildman–Crippen MR) is 92.2 cm³/mol. The largest absolute Gasteiger partial charge is 0.352 e. The van der Waals surface area contributed by atoms with Crippen molar-refractivity contribution in [3.8, 4) is 0 Å². The topological polar surface area (TPSA) is 32.3 Å². The van der Waals surface area contributed by atoms with Crippen LogP contribution in [0, 0.1) is 23.0 Å². The molecule has 0 aromatic heterocycles. The monoisotopic (exact) mass is 356 g/mol. The van der Waals surface area contributed by atoms with Gasteiger partial charge in [0.2, 0.25) is 0 Å². The average Bonchev–Trinajstić information content (AvgIpc) is 2.50. The Kier molecular flexibility index (Phi) is 6.49. The number of carbonyl (C=O) groups is 1. The van der Waals surface area contributed by atoms with Crippen LogP contribution in [0.3, 0.4) is 0 Å². The van der Waals surface area contributed by atoms with Gasteiger partial charge in [-0.05, 0) is 43.5 Å². The van der Waals surface area contributed by atoms with Crippen LogP contribution in [0.2, 0.25) is 0 Å². The Morgan fingerprint density at radius 2 is 1.88 bits per heavy atom. The molecule has 1 aromatic carbocycles. The van der Waals surface area contributed by atoms with Crippen LogP contribution < -0.4 is 5.32 Å². The summed E-state index contributed by atoms with van der Waals surface area (Å²) >= 11 is 0. The number of hydrogen-bond acceptors (Lipinski definition) is 2. The predicted octanol–water partition coefficient (Wildman–Crippen LogP) is 3.79. The number of piperidine rings is 1. The summed E-state index contributed by atoms with van der Waals surface area (Å²) in [6, 6.07) is 2.66. The molecular formula is C19H27F3N2O. The van der Waals surface area contributed by atoms with Gasteiger partial charge in [0.15, 0.2) is 0 Å². The number of rotatable bonds is 5. The van der Waals surface area contributed by atoms with E-state index in [1.54, 1.807) is 0 Å². The molecule has 25 heavy (non-hydrogen) atoms. The molecule has 0 aliphatic carbocycles. The number of halogens is 3. The van der Waals surface area contributed by atoms with E-state index in [1.807, 2.05) is 0 Å². The van der Waals surface area contributed by atoms with Crippen molar-refractivity contribution in [3.05, 3.63) is 35.4 Å². The number of alkyl halides is 1. The van der Waals surface area contributed by atoms with E-state index in [2.05, 4.69) is 31.0 Å². The second-order valence-electron chi connectivity index (χ2n) is 8.04. The van der Waals surface area contributed by atoms with Crippen LogP contribution >= 0.6 is 0 Å². The lowest BCUT2D eigenvalue weighted by Gasteiger charge is -2.36. The third kappa shape index (κ3) is 6.34. The van der Waals surface area contributed by atoms with E-state index in [0.29, 0.717) is 19.0 Å². The molecule has 1 aromatic rings. The van der Waals surface area contributed by atoms with E-state index in [-0.39, 0.29) is 23.4 Å². The minimum atomic E-state index is -1.02. The summed E-state index contributed by atoms with van der Waals surface area (Å²) in [5.74, 6) is -2.46. The summed E-state index contributed by atoms with van der Waals surface area (Å²) < 4.78 is 40.7. The van der Waals surface area contributed by atoms with Crippen molar-refractivity contribution in [2.24, 2.45) is 11.3 Å². The first-order chi connectivity index (χ1) is 11.6. The molecule has 3 nitrogen and oxygen atoms in total. The van der Waals surface area contributed by atoms with E-state index >= 15 is 0 Å². The summed E-state index contributed by atoms with van der Waals surface area (Å²) in [6.07, 6.45) is 0.647. The highest BCUT2D eigenvalue weighted by atomic mass is 19.1. The van der Waals surface area contributed by atoms with Crippen molar-refractivity contribution in [2.45, 2.75) is 39.8 Å². The van der Waals surface area contributed by atoms with E-state index < -0.39 is 23.7 Å². The van der Waals surface area contributed by atoms with Crippen LogP contribution in [0.15, 0.2) is 18.2 Å². The zero-order chi connectivity index (χ0) is 18.6. The molecule has 0 bridgehead atoms. The standard InChI is InChI=1S/C19H27F3N2O/c1-19(2,3)5-7-24-6-4-13(17(22)12-24)11-23-18(25)14-8-15(20)10-16(21)9-14/h8-10,13,17H,4-7,11-12H2,1-3H3,(H,23,25). The number of carbonyl (C=O) groups excluding carboxylic acids is 1. The van der Waals surface area contributed by atoms with Crippen LogP contribution in [0.1, 0.15) is 44.0 Å². The molecule has 1 N–H and O–H groups in total. The maximum atomic E-state index is 14.4. The van der Waals surface area contributed by atoms with Crippen molar-refractivity contribution < 1.29 is 18.0 Å². The normalized spacial score (nSPS) is 22.0. The minimum absolute atomic E-state index is 0.0875. The van der Waals surface area contributed by atoms with E-state index in [9.17, 15) is 18.0 Å². The maximum absolute atomic E-state index is 14.4. The minimum Gasteiger partial charge on any atom is -0.352 e. The van der Waals surface area contributed by atoms with Gasteiger partial charge in [0.1, 0.15) is 17.8 Å². The summed E-state index contributed by atoms with van der Waals surface area (Å²) in [5.41, 5.74) is 0.132. The molecule has 0 radical (unpaired) electrons. The van der Waals surface area contributed by atoms with Gasteiger partial charge in [0.05, 0.1) is 0 Å². The van der Waals surface area contributed by atoms with Gasteiger partial charge in [-0.1, -0.05) is 20.8 Å². The van der Waals surface area contributed by atoms with Crippen molar-refractivity contribution in [1.82, 2.24) is 10.2 Å². The van der Waals surface area contributed by atoms with Crippen LogP contribution in [0.5, 0.6) is 0 Å². The van der Waals surface area contributed by atoms with Crippen LogP contribution in [-0.4, -0.2) is 43.2 Å². The average molecular weight is 356 g/mol. The lowest BCUT2D eigenvalue weighted by Crippen LogP contribution is -2.46. The van der Waals surface area contributed by atoms with Gasteiger partial charge in [-0.3, -0.25) is 4.79 Å². The van der Waals surface area contributed by atoms with Gasteiger partial charge in [-0.2, -0.15) is 0 Å². The quantitative estimate of drug-likeness (QED) is 0.871. The molecule has 1 aliphatic heterocycles. The van der Waals surface area contributed by atoms with Gasteiger partial charge >= 0.3 is 0 Å². The Bertz CT molecular complexity index is 581. The third-order valence-electron chi connectivity index (χ3n) is 4.59. The molecule has 1 saturated heterocycles. The fourth-order valence-corrected chi connectivity index (χ4v) is 2.95. The zero-order valence-electron chi connectivity index (χ0n) is 15.1. The van der Waals surface area contributed by atoms with Crippen molar-refractivity contribution in [1.29, 1.82) is 0 Å². The lowest BCUT2D eigenvalue weighted by molar-refractivity contribution is 0.0724. The molecule has 2 unspecified atom stereocenters. The molecule has 140 valence electrons. The van der Waals surface area contributed by atoms with E-state index in [0.717, 1.165) is 31.6 Å². The summed E-state index contributed by atoms with van der Waals surface area (Å²) in [4.78, 5) is 14.1. The smallest absolute Gasteiger partial charge is 0.251 e. The Morgan fingerprint density at radius 1 is 1.24 bits per heavy atom. The molecule has 1 fully saturated rings. The summed E-state index contributed by atoms with van der Waals surface area (Å²) in [7, 11) is 0. The number of benzene rings is 1. The van der Waals surface area contributed by atoms with Gasteiger partial charge in [-0.25, -0.2) is 13.2 Å². The fourth-order valence-electron chi connectivity index (χ4n) is 2.95. The van der Waals surface area contributed by atoms with Crippen LogP contribution in [-0.2, 0) is 0 Å². The van der Waals surface area contributed by atoms with Gasteiger partial charge in [0.25, 0.3) is 5.91 Å². The molecule has 2 rings (SSSR count). The highest BCUT2D eigenvalue weighted by molar-refractivity contribution is 5.94. The molecule has 1 amide bonds. The Hall–Kier alpha value is -1.56. The summed E-state index contributed by atoms with van der Waals surface area (Å²) in [5, 5.41) is 2.59. The molecule has 1 aliphatic rings. The van der Waals surface area contributed by atoms with E-state index in [1.165, 1.54) is 0 Å². The molecule has 1 heterocycles. The fraction of sp³-hybridized carbons (Fsp3) is 0.632. The lowest BCUT2D eigenvalue weighted by atomic mass is 9.90. The van der Waals surface area contributed by atoms with Gasteiger partial charge in [0, 0.05) is 30.6 Å². The van der Waals surface area contributed by atoms with Crippen molar-refractivity contribution >= 4 is 5.91 Å². The van der Waals surface area contributed by atoms with Crippen molar-refractivity contribution in [2.75, 3.05) is 26.2 Å². The molecule has 2 atom stereocenters. The third-order valence-corrected chi connectivity index (χ3v) is 4.59. The first kappa shape index (κ1) is 19.8. The molecule has 0 spiro atoms. The van der Waals surface area contributed by atoms with Gasteiger partial charge in [-0.15, -0.1) is 0 Å². The first-order valence-electron chi connectivity index (χ1n) is 8.75. The zero-order valence-corrected chi connectivity index (χ0v) is 15.1. The highest BCUT2D eigenvalue weighted by Crippen LogP contribution is 2.24. The number of amides is 1. The second kappa shape index (κ2) is 8.21. The summed E-state index contributed by atoms with van der Waals surface area (Å²) in [6.45, 7) is 8.69. The number of nitrogens with one attached hydrogen (secondary N) is 1.